The van der Waals surface area contributed by atoms with Crippen LogP contribution in [0, 0.1) is 11.8 Å². The molecule has 0 radical (unpaired) electrons. The quantitative estimate of drug-likeness (QED) is 0.553. The van der Waals surface area contributed by atoms with Gasteiger partial charge in [0.05, 0.1) is 9.75 Å². The van der Waals surface area contributed by atoms with Gasteiger partial charge >= 0.3 is 0 Å². The summed E-state index contributed by atoms with van der Waals surface area (Å²) in [4.78, 5) is 9.87. The van der Waals surface area contributed by atoms with Gasteiger partial charge in [-0.05, 0) is 30.2 Å². The summed E-state index contributed by atoms with van der Waals surface area (Å²) in [7, 11) is 0. The summed E-state index contributed by atoms with van der Waals surface area (Å²) in [5, 5.41) is 10.1. The molecule has 4 rings (SSSR count). The first-order chi connectivity index (χ1) is 12.3. The molecule has 0 aliphatic heterocycles. The summed E-state index contributed by atoms with van der Waals surface area (Å²) in [6.07, 6.45) is 6.89. The highest BCUT2D eigenvalue weighted by atomic mass is 32.1. The Balaban J connectivity index is 1.55. The van der Waals surface area contributed by atoms with Crippen LogP contribution in [0.4, 0.5) is 0 Å². The predicted molar refractivity (Wildman–Crippen MR) is 102 cm³/mol. The second kappa shape index (κ2) is 6.98. The number of nitrogens with one attached hydrogen (secondary N) is 1. The Morgan fingerprint density at radius 3 is 3.04 bits per heavy atom. The minimum absolute atomic E-state index is 0.119. The van der Waals surface area contributed by atoms with E-state index in [-0.39, 0.29) is 6.61 Å². The van der Waals surface area contributed by atoms with Crippen molar-refractivity contribution in [1.82, 2.24) is 14.5 Å². The molecule has 0 saturated heterocycles. The number of aliphatic hydroxyl groups is 1. The lowest BCUT2D eigenvalue weighted by atomic mass is 10.1. The van der Waals surface area contributed by atoms with E-state index in [9.17, 15) is 0 Å². The van der Waals surface area contributed by atoms with Crippen molar-refractivity contribution in [2.75, 3.05) is 6.61 Å². The molecule has 2 N–H and O–H groups in total. The van der Waals surface area contributed by atoms with Crippen LogP contribution in [0.5, 0.6) is 0 Å². The maximum atomic E-state index is 8.81. The molecule has 0 bridgehead atoms. The molecular weight excluding hydrogens is 330 g/mol. The number of imidazole rings is 1. The molecule has 0 aliphatic carbocycles. The zero-order valence-corrected chi connectivity index (χ0v) is 14.4. The zero-order valence-electron chi connectivity index (χ0n) is 13.6. The number of aromatic amines is 1. The van der Waals surface area contributed by atoms with Crippen molar-refractivity contribution < 1.29 is 5.11 Å². The summed E-state index contributed by atoms with van der Waals surface area (Å²) in [6.45, 7) is 0.749. The molecule has 0 atom stereocenters. The Bertz CT molecular complexity index is 1060. The number of aromatic nitrogens is 3. The van der Waals surface area contributed by atoms with Crippen molar-refractivity contribution in [3.8, 4) is 22.5 Å². The van der Waals surface area contributed by atoms with E-state index in [2.05, 4.69) is 50.8 Å². The first kappa shape index (κ1) is 15.7. The van der Waals surface area contributed by atoms with Gasteiger partial charge in [0.15, 0.2) is 0 Å². The van der Waals surface area contributed by atoms with E-state index in [4.69, 9.17) is 5.11 Å². The van der Waals surface area contributed by atoms with Crippen molar-refractivity contribution in [1.29, 1.82) is 0 Å². The molecule has 3 aromatic heterocycles. The number of aliphatic hydroxyl groups excluding tert-OH is 1. The number of aryl methyl sites for hydroxylation is 2. The molecule has 0 fully saturated rings. The summed E-state index contributed by atoms with van der Waals surface area (Å²) in [5.41, 5.74) is 2.49. The number of fused-ring (bicyclic) bond motifs is 1. The Labute approximate surface area is 149 Å². The molecule has 124 valence electrons. The lowest BCUT2D eigenvalue weighted by molar-refractivity contribution is 0.350. The Morgan fingerprint density at radius 2 is 2.12 bits per heavy atom. The Hall–Kier alpha value is -2.81. The number of rotatable bonds is 4. The number of nitrogens with zero attached hydrogens (tertiary/aromatic N) is 2. The molecule has 1 aromatic carbocycles. The van der Waals surface area contributed by atoms with Gasteiger partial charge < -0.3 is 14.7 Å². The van der Waals surface area contributed by atoms with Crippen LogP contribution in [0.25, 0.3) is 21.6 Å². The lowest BCUT2D eigenvalue weighted by Gasteiger charge is -2.06. The van der Waals surface area contributed by atoms with E-state index < -0.39 is 0 Å². The molecular formula is C20H17N3OS. The highest BCUT2D eigenvalue weighted by Crippen LogP contribution is 2.27. The maximum Gasteiger partial charge on any atom is 0.150 e. The first-order valence-corrected chi connectivity index (χ1v) is 8.93. The third-order valence-corrected chi connectivity index (χ3v) is 5.13. The molecule has 0 unspecified atom stereocenters. The first-order valence-electron chi connectivity index (χ1n) is 8.11. The highest BCUT2D eigenvalue weighted by Gasteiger charge is 2.10. The number of thiophene rings is 1. The summed E-state index contributed by atoms with van der Waals surface area (Å²) >= 11 is 1.60. The summed E-state index contributed by atoms with van der Waals surface area (Å²) in [5.74, 6) is 6.59. The smallest absolute Gasteiger partial charge is 0.150 e. The molecule has 0 aliphatic rings. The van der Waals surface area contributed by atoms with Crippen molar-refractivity contribution >= 4 is 22.2 Å². The fourth-order valence-electron chi connectivity index (χ4n) is 2.95. The largest absolute Gasteiger partial charge is 0.384 e. The van der Waals surface area contributed by atoms with Gasteiger partial charge in [0.2, 0.25) is 0 Å². The fourth-order valence-corrected chi connectivity index (χ4v) is 3.84. The van der Waals surface area contributed by atoms with E-state index >= 15 is 0 Å². The number of hydrogen-bond acceptors (Lipinski definition) is 3. The number of H-pyrrole nitrogens is 1. The van der Waals surface area contributed by atoms with Crippen molar-refractivity contribution in [3.05, 3.63) is 65.4 Å². The second-order valence-electron chi connectivity index (χ2n) is 5.68. The van der Waals surface area contributed by atoms with Gasteiger partial charge in [-0.1, -0.05) is 30.0 Å². The topological polar surface area (TPSA) is 53.8 Å². The van der Waals surface area contributed by atoms with Gasteiger partial charge in [-0.2, -0.15) is 0 Å². The average molecular weight is 347 g/mol. The van der Waals surface area contributed by atoms with E-state index in [1.807, 2.05) is 30.6 Å². The molecule has 3 heterocycles. The summed E-state index contributed by atoms with van der Waals surface area (Å²) in [6, 6.07) is 12.4. The molecule has 5 heteroatoms. The lowest BCUT2D eigenvalue weighted by Crippen LogP contribution is -2.01. The monoisotopic (exact) mass is 347 g/mol. The van der Waals surface area contributed by atoms with Crippen LogP contribution in [0.3, 0.4) is 0 Å². The van der Waals surface area contributed by atoms with E-state index in [1.54, 1.807) is 11.3 Å². The van der Waals surface area contributed by atoms with Crippen LogP contribution < -0.4 is 0 Å². The van der Waals surface area contributed by atoms with Crippen molar-refractivity contribution in [2.45, 2.75) is 13.0 Å². The molecule has 0 spiro atoms. The number of benzene rings is 1. The van der Waals surface area contributed by atoms with Gasteiger partial charge in [-0.3, -0.25) is 0 Å². The average Bonchev–Trinajstić information content (AvgIpc) is 3.37. The third kappa shape index (κ3) is 3.22. The van der Waals surface area contributed by atoms with Gasteiger partial charge in [-0.15, -0.1) is 11.3 Å². The Morgan fingerprint density at radius 1 is 1.20 bits per heavy atom. The number of para-hydroxylation sites is 1. The van der Waals surface area contributed by atoms with Gasteiger partial charge in [0, 0.05) is 36.0 Å². The zero-order chi connectivity index (χ0) is 17.1. The maximum absolute atomic E-state index is 8.81. The molecule has 4 nitrogen and oxygen atoms in total. The normalized spacial score (nSPS) is 10.8. The van der Waals surface area contributed by atoms with Crippen LogP contribution >= 0.6 is 11.3 Å². The summed E-state index contributed by atoms with van der Waals surface area (Å²) < 4.78 is 2.18. The Kier molecular flexibility index (Phi) is 4.38. The number of hydrogen-bond donors (Lipinski definition) is 2. The molecule has 25 heavy (non-hydrogen) atoms. The predicted octanol–water partition coefficient (Wildman–Crippen LogP) is 3.68. The van der Waals surface area contributed by atoms with Gasteiger partial charge in [-0.25, -0.2) is 4.98 Å². The SMILES string of the molecule is OCC#Cc1ccc(-c2nccn2CCc2c[nH]c3ccccc23)s1. The van der Waals surface area contributed by atoms with Crippen molar-refractivity contribution in [2.24, 2.45) is 0 Å². The van der Waals surface area contributed by atoms with Crippen LogP contribution in [-0.2, 0) is 13.0 Å². The molecule has 0 amide bonds. The van der Waals surface area contributed by atoms with Crippen LogP contribution in [0.1, 0.15) is 10.4 Å². The second-order valence-corrected chi connectivity index (χ2v) is 6.76. The van der Waals surface area contributed by atoms with Crippen LogP contribution in [-0.4, -0.2) is 26.2 Å². The third-order valence-electron chi connectivity index (χ3n) is 4.13. The van der Waals surface area contributed by atoms with Crippen LogP contribution in [0.15, 0.2) is 55.0 Å². The van der Waals surface area contributed by atoms with Crippen LogP contribution in [0.2, 0.25) is 0 Å². The van der Waals surface area contributed by atoms with Gasteiger partial charge in [0.25, 0.3) is 0 Å². The molecule has 4 aromatic rings. The van der Waals surface area contributed by atoms with Gasteiger partial charge in [0.1, 0.15) is 12.4 Å². The van der Waals surface area contributed by atoms with E-state index in [0.717, 1.165) is 28.5 Å². The van der Waals surface area contributed by atoms with Crippen molar-refractivity contribution in [3.63, 3.8) is 0 Å². The standard InChI is InChI=1S/C20H17N3OS/c24-13-3-4-16-7-8-19(25-16)20-21-10-12-23(20)11-9-15-14-22-18-6-2-1-5-17(15)18/h1-2,5-8,10,12,14,22,24H,9,11,13H2. The fraction of sp³-hybridized carbons (Fsp3) is 0.150. The van der Waals surface area contributed by atoms with E-state index in [1.165, 1.54) is 16.5 Å². The highest BCUT2D eigenvalue weighted by molar-refractivity contribution is 7.15. The minimum atomic E-state index is -0.119. The van der Waals surface area contributed by atoms with E-state index in [0.29, 0.717) is 0 Å². The molecule has 0 saturated carbocycles. The minimum Gasteiger partial charge on any atom is -0.384 e.